The number of hydrogen-bond donors (Lipinski definition) is 2. The summed E-state index contributed by atoms with van der Waals surface area (Å²) in [5, 5.41) is 3.78. The Kier molecular flexibility index (Phi) is 4.33. The molecule has 122 valence electrons. The van der Waals surface area contributed by atoms with Gasteiger partial charge in [-0.2, -0.15) is 0 Å². The molecule has 0 atom stereocenters. The SMILES string of the molecule is CC(=O)Nc1ccc(N(C)C(=O)Cc2c[nH]c3ccccc23)cc1. The zero-order valence-electron chi connectivity index (χ0n) is 13.7. The van der Waals surface area contributed by atoms with E-state index in [2.05, 4.69) is 10.3 Å². The van der Waals surface area contributed by atoms with Crippen LogP contribution in [0.4, 0.5) is 11.4 Å². The van der Waals surface area contributed by atoms with E-state index in [0.717, 1.165) is 22.2 Å². The number of fused-ring (bicyclic) bond motifs is 1. The summed E-state index contributed by atoms with van der Waals surface area (Å²) in [6, 6.07) is 15.1. The van der Waals surface area contributed by atoms with E-state index in [4.69, 9.17) is 0 Å². The number of aromatic amines is 1. The van der Waals surface area contributed by atoms with Crippen LogP contribution in [0.1, 0.15) is 12.5 Å². The number of amides is 2. The molecule has 5 nitrogen and oxygen atoms in total. The van der Waals surface area contributed by atoms with Crippen LogP contribution >= 0.6 is 0 Å². The third-order valence-electron chi connectivity index (χ3n) is 3.97. The van der Waals surface area contributed by atoms with Crippen molar-refractivity contribution in [2.45, 2.75) is 13.3 Å². The molecule has 0 aliphatic heterocycles. The van der Waals surface area contributed by atoms with Gasteiger partial charge in [0.2, 0.25) is 11.8 Å². The molecule has 0 fully saturated rings. The number of carbonyl (C=O) groups excluding carboxylic acids is 2. The second-order valence-electron chi connectivity index (χ2n) is 5.72. The van der Waals surface area contributed by atoms with Crippen LogP contribution in [-0.4, -0.2) is 23.8 Å². The highest BCUT2D eigenvalue weighted by molar-refractivity contribution is 5.97. The van der Waals surface area contributed by atoms with E-state index in [1.807, 2.05) is 42.6 Å². The summed E-state index contributed by atoms with van der Waals surface area (Å²) >= 11 is 0. The molecular weight excluding hydrogens is 302 g/mol. The van der Waals surface area contributed by atoms with E-state index < -0.39 is 0 Å². The Balaban J connectivity index is 1.73. The van der Waals surface area contributed by atoms with Gasteiger partial charge in [-0.1, -0.05) is 18.2 Å². The Bertz CT molecular complexity index is 881. The van der Waals surface area contributed by atoms with E-state index in [9.17, 15) is 9.59 Å². The highest BCUT2D eigenvalue weighted by Crippen LogP contribution is 2.21. The molecule has 0 unspecified atom stereocenters. The lowest BCUT2D eigenvalue weighted by atomic mass is 10.1. The van der Waals surface area contributed by atoms with Gasteiger partial charge in [-0.05, 0) is 35.9 Å². The second-order valence-corrected chi connectivity index (χ2v) is 5.72. The quantitative estimate of drug-likeness (QED) is 0.774. The van der Waals surface area contributed by atoms with Crippen molar-refractivity contribution in [2.75, 3.05) is 17.3 Å². The van der Waals surface area contributed by atoms with Crippen molar-refractivity contribution in [3.05, 3.63) is 60.3 Å². The van der Waals surface area contributed by atoms with Crippen molar-refractivity contribution >= 4 is 34.1 Å². The predicted octanol–water partition coefficient (Wildman–Crippen LogP) is 3.33. The van der Waals surface area contributed by atoms with E-state index in [-0.39, 0.29) is 11.8 Å². The van der Waals surface area contributed by atoms with E-state index in [1.165, 1.54) is 6.92 Å². The van der Waals surface area contributed by atoms with Gasteiger partial charge in [-0.25, -0.2) is 0 Å². The number of aromatic nitrogens is 1. The number of likely N-dealkylation sites (N-methyl/N-ethyl adjacent to an activating group) is 1. The van der Waals surface area contributed by atoms with E-state index >= 15 is 0 Å². The first-order valence-corrected chi connectivity index (χ1v) is 7.74. The maximum Gasteiger partial charge on any atom is 0.231 e. The minimum Gasteiger partial charge on any atom is -0.361 e. The summed E-state index contributed by atoms with van der Waals surface area (Å²) in [5.74, 6) is -0.112. The molecule has 1 aromatic heterocycles. The van der Waals surface area contributed by atoms with Gasteiger partial charge >= 0.3 is 0 Å². The third kappa shape index (κ3) is 3.30. The summed E-state index contributed by atoms with van der Waals surface area (Å²) < 4.78 is 0. The Labute approximate surface area is 140 Å². The van der Waals surface area contributed by atoms with Gasteiger partial charge in [0.15, 0.2) is 0 Å². The first-order valence-electron chi connectivity index (χ1n) is 7.74. The number of nitrogens with zero attached hydrogens (tertiary/aromatic N) is 1. The number of rotatable bonds is 4. The Hall–Kier alpha value is -3.08. The fourth-order valence-electron chi connectivity index (χ4n) is 2.68. The van der Waals surface area contributed by atoms with Crippen molar-refractivity contribution in [2.24, 2.45) is 0 Å². The zero-order valence-corrected chi connectivity index (χ0v) is 13.7. The van der Waals surface area contributed by atoms with Crippen LogP contribution in [0.5, 0.6) is 0 Å². The molecule has 2 amide bonds. The van der Waals surface area contributed by atoms with Crippen LogP contribution in [0.3, 0.4) is 0 Å². The van der Waals surface area contributed by atoms with Gasteiger partial charge in [0.25, 0.3) is 0 Å². The van der Waals surface area contributed by atoms with Crippen LogP contribution < -0.4 is 10.2 Å². The number of nitrogens with one attached hydrogen (secondary N) is 2. The standard InChI is InChI=1S/C19H19N3O2/c1-13(23)21-15-7-9-16(10-8-15)22(2)19(24)11-14-12-20-18-6-4-3-5-17(14)18/h3-10,12,20H,11H2,1-2H3,(H,21,23). The number of para-hydroxylation sites is 1. The zero-order chi connectivity index (χ0) is 17.1. The lowest BCUT2D eigenvalue weighted by Crippen LogP contribution is -2.27. The monoisotopic (exact) mass is 321 g/mol. The molecule has 1 heterocycles. The topological polar surface area (TPSA) is 65.2 Å². The van der Waals surface area contributed by atoms with Crippen molar-refractivity contribution in [1.82, 2.24) is 4.98 Å². The average molecular weight is 321 g/mol. The smallest absolute Gasteiger partial charge is 0.231 e. The van der Waals surface area contributed by atoms with Crippen molar-refractivity contribution in [3.8, 4) is 0 Å². The lowest BCUT2D eigenvalue weighted by molar-refractivity contribution is -0.117. The number of hydrogen-bond acceptors (Lipinski definition) is 2. The number of benzene rings is 2. The Morgan fingerprint density at radius 3 is 2.50 bits per heavy atom. The van der Waals surface area contributed by atoms with Gasteiger partial charge < -0.3 is 15.2 Å². The fraction of sp³-hybridized carbons (Fsp3) is 0.158. The fourth-order valence-corrected chi connectivity index (χ4v) is 2.68. The van der Waals surface area contributed by atoms with Gasteiger partial charge in [0.05, 0.1) is 6.42 Å². The van der Waals surface area contributed by atoms with Gasteiger partial charge in [-0.3, -0.25) is 9.59 Å². The predicted molar refractivity (Wildman–Crippen MR) is 96.2 cm³/mol. The number of carbonyl (C=O) groups is 2. The van der Waals surface area contributed by atoms with Crippen LogP contribution in [-0.2, 0) is 16.0 Å². The summed E-state index contributed by atoms with van der Waals surface area (Å²) in [6.45, 7) is 1.46. The molecule has 2 N–H and O–H groups in total. The molecule has 0 aliphatic carbocycles. The molecule has 0 bridgehead atoms. The third-order valence-corrected chi connectivity index (χ3v) is 3.97. The van der Waals surface area contributed by atoms with Gasteiger partial charge in [-0.15, -0.1) is 0 Å². The molecule has 2 aromatic carbocycles. The van der Waals surface area contributed by atoms with Gasteiger partial charge in [0, 0.05) is 42.4 Å². The van der Waals surface area contributed by atoms with Crippen LogP contribution in [0.15, 0.2) is 54.7 Å². The minimum absolute atomic E-state index is 0.00651. The lowest BCUT2D eigenvalue weighted by Gasteiger charge is -2.17. The number of H-pyrrole nitrogens is 1. The maximum absolute atomic E-state index is 12.6. The first-order chi connectivity index (χ1) is 11.5. The average Bonchev–Trinajstić information content (AvgIpc) is 2.97. The van der Waals surface area contributed by atoms with Crippen molar-refractivity contribution in [3.63, 3.8) is 0 Å². The van der Waals surface area contributed by atoms with Gasteiger partial charge in [0.1, 0.15) is 0 Å². The maximum atomic E-state index is 12.6. The van der Waals surface area contributed by atoms with Crippen molar-refractivity contribution < 1.29 is 9.59 Å². The van der Waals surface area contributed by atoms with Crippen LogP contribution in [0, 0.1) is 0 Å². The molecule has 0 radical (unpaired) electrons. The molecule has 0 saturated carbocycles. The summed E-state index contributed by atoms with van der Waals surface area (Å²) in [5.41, 5.74) is 3.51. The molecule has 5 heteroatoms. The number of anilines is 2. The summed E-state index contributed by atoms with van der Waals surface area (Å²) in [7, 11) is 1.75. The molecule has 3 rings (SSSR count). The summed E-state index contributed by atoms with van der Waals surface area (Å²) in [4.78, 5) is 28.4. The van der Waals surface area contributed by atoms with Crippen LogP contribution in [0.2, 0.25) is 0 Å². The van der Waals surface area contributed by atoms with Crippen molar-refractivity contribution in [1.29, 1.82) is 0 Å². The largest absolute Gasteiger partial charge is 0.361 e. The normalized spacial score (nSPS) is 10.6. The minimum atomic E-state index is -0.119. The molecule has 0 aliphatic rings. The second kappa shape index (κ2) is 6.58. The first kappa shape index (κ1) is 15.8. The van der Waals surface area contributed by atoms with E-state index in [0.29, 0.717) is 12.1 Å². The molecule has 24 heavy (non-hydrogen) atoms. The highest BCUT2D eigenvalue weighted by atomic mass is 16.2. The Morgan fingerprint density at radius 2 is 1.79 bits per heavy atom. The summed E-state index contributed by atoms with van der Waals surface area (Å²) in [6.07, 6.45) is 2.21. The highest BCUT2D eigenvalue weighted by Gasteiger charge is 2.14. The Morgan fingerprint density at radius 1 is 1.08 bits per heavy atom. The van der Waals surface area contributed by atoms with E-state index in [1.54, 1.807) is 24.1 Å². The molecule has 3 aromatic rings. The molecule has 0 spiro atoms. The molecular formula is C19H19N3O2. The van der Waals surface area contributed by atoms with Crippen LogP contribution in [0.25, 0.3) is 10.9 Å². The molecule has 0 saturated heterocycles.